The molecule has 0 saturated carbocycles. The van der Waals surface area contributed by atoms with E-state index in [9.17, 15) is 0 Å². The van der Waals surface area contributed by atoms with Crippen molar-refractivity contribution in [1.82, 2.24) is 0 Å². The molecule has 0 radical (unpaired) electrons. The summed E-state index contributed by atoms with van der Waals surface area (Å²) in [6.07, 6.45) is 21.0. The van der Waals surface area contributed by atoms with Crippen molar-refractivity contribution < 1.29 is 0 Å². The van der Waals surface area contributed by atoms with Crippen molar-refractivity contribution in [2.24, 2.45) is 16.2 Å². The highest BCUT2D eigenvalue weighted by molar-refractivity contribution is 5.01. The molecule has 0 bridgehead atoms. The van der Waals surface area contributed by atoms with E-state index in [2.05, 4.69) is 55.4 Å². The summed E-state index contributed by atoms with van der Waals surface area (Å²) in [6.45, 7) is 19.9. The van der Waals surface area contributed by atoms with Crippen molar-refractivity contribution >= 4 is 0 Å². The average molecular weight is 367 g/mol. The third-order valence-electron chi connectivity index (χ3n) is 7.54. The van der Waals surface area contributed by atoms with E-state index in [-0.39, 0.29) is 0 Å². The predicted molar refractivity (Wildman–Crippen MR) is 122 cm³/mol. The van der Waals surface area contributed by atoms with E-state index in [1.54, 1.807) is 0 Å². The van der Waals surface area contributed by atoms with Gasteiger partial charge < -0.3 is 0 Å². The summed E-state index contributed by atoms with van der Waals surface area (Å²) in [5.41, 5.74) is 1.38. The van der Waals surface area contributed by atoms with Gasteiger partial charge in [-0.1, -0.05) is 126 Å². The Balaban J connectivity index is 5.64. The van der Waals surface area contributed by atoms with Crippen LogP contribution >= 0.6 is 0 Å². The summed E-state index contributed by atoms with van der Waals surface area (Å²) in [7, 11) is 0. The van der Waals surface area contributed by atoms with E-state index in [1.165, 1.54) is 96.3 Å². The Morgan fingerprint density at radius 3 is 1.19 bits per heavy atom. The van der Waals surface area contributed by atoms with Crippen LogP contribution in [0.15, 0.2) is 0 Å². The fourth-order valence-electron chi connectivity index (χ4n) is 5.82. The number of hydrogen-bond acceptors (Lipinski definition) is 0. The first-order valence-corrected chi connectivity index (χ1v) is 12.2. The van der Waals surface area contributed by atoms with Crippen LogP contribution in [0.1, 0.15) is 152 Å². The van der Waals surface area contributed by atoms with E-state index in [0.717, 1.165) is 0 Å². The molecule has 26 heavy (non-hydrogen) atoms. The van der Waals surface area contributed by atoms with Crippen molar-refractivity contribution in [2.45, 2.75) is 152 Å². The van der Waals surface area contributed by atoms with Crippen molar-refractivity contribution in [3.8, 4) is 0 Å². The summed E-state index contributed by atoms with van der Waals surface area (Å²) in [5, 5.41) is 0. The Bertz CT molecular complexity index is 311. The zero-order chi connectivity index (χ0) is 20.1. The molecule has 0 unspecified atom stereocenters. The lowest BCUT2D eigenvalue weighted by Crippen LogP contribution is -2.49. The summed E-state index contributed by atoms with van der Waals surface area (Å²) in [5.74, 6) is 0. The van der Waals surface area contributed by atoms with Crippen molar-refractivity contribution in [3.63, 3.8) is 0 Å². The fraction of sp³-hybridized carbons (Fsp3) is 1.00. The SMILES string of the molecule is CCCCCCC(CCCCCC)(C(C)(C)CCC)C(C)(C)CCCC. The molecule has 0 aliphatic rings. The van der Waals surface area contributed by atoms with Gasteiger partial charge in [-0.25, -0.2) is 0 Å². The zero-order valence-corrected chi connectivity index (χ0v) is 20.1. The summed E-state index contributed by atoms with van der Waals surface area (Å²) >= 11 is 0. The van der Waals surface area contributed by atoms with Crippen LogP contribution in [0, 0.1) is 16.2 Å². The van der Waals surface area contributed by atoms with Crippen LogP contribution in [-0.2, 0) is 0 Å². The maximum absolute atomic E-state index is 2.62. The summed E-state index contributed by atoms with van der Waals surface area (Å²) < 4.78 is 0. The number of rotatable bonds is 17. The molecule has 158 valence electrons. The van der Waals surface area contributed by atoms with E-state index in [1.807, 2.05) is 0 Å². The molecule has 0 atom stereocenters. The van der Waals surface area contributed by atoms with Gasteiger partial charge in [0.05, 0.1) is 0 Å². The highest BCUT2D eigenvalue weighted by Gasteiger charge is 2.52. The monoisotopic (exact) mass is 366 g/mol. The van der Waals surface area contributed by atoms with Crippen LogP contribution in [0.5, 0.6) is 0 Å². The van der Waals surface area contributed by atoms with Gasteiger partial charge >= 0.3 is 0 Å². The van der Waals surface area contributed by atoms with Gasteiger partial charge in [0.1, 0.15) is 0 Å². The van der Waals surface area contributed by atoms with Gasteiger partial charge in [0.25, 0.3) is 0 Å². The quantitative estimate of drug-likeness (QED) is 0.225. The fourth-order valence-corrected chi connectivity index (χ4v) is 5.82. The van der Waals surface area contributed by atoms with Gasteiger partial charge in [0, 0.05) is 0 Å². The lowest BCUT2D eigenvalue weighted by Gasteiger charge is -2.58. The second-order valence-electron chi connectivity index (χ2n) is 10.3. The highest BCUT2D eigenvalue weighted by Crippen LogP contribution is 2.61. The smallest absolute Gasteiger partial charge is 0.0195 e. The first kappa shape index (κ1) is 26.0. The maximum atomic E-state index is 2.62. The lowest BCUT2D eigenvalue weighted by atomic mass is 9.47. The molecule has 0 N–H and O–H groups in total. The molecule has 0 saturated heterocycles. The Labute approximate surface area is 168 Å². The molecule has 0 heterocycles. The van der Waals surface area contributed by atoms with E-state index < -0.39 is 0 Å². The molecule has 0 rings (SSSR count). The molecule has 0 aliphatic heterocycles. The Kier molecular flexibility index (Phi) is 13.2. The largest absolute Gasteiger partial charge is 0.0654 e. The third kappa shape index (κ3) is 7.55. The van der Waals surface area contributed by atoms with Crippen molar-refractivity contribution in [2.75, 3.05) is 0 Å². The Hall–Kier alpha value is 0. The first-order valence-electron chi connectivity index (χ1n) is 12.2. The van der Waals surface area contributed by atoms with Crippen LogP contribution in [-0.4, -0.2) is 0 Å². The zero-order valence-electron chi connectivity index (χ0n) is 20.1. The van der Waals surface area contributed by atoms with Gasteiger partial charge in [-0.3, -0.25) is 0 Å². The first-order chi connectivity index (χ1) is 12.2. The number of unbranched alkanes of at least 4 members (excludes halogenated alkanes) is 7. The minimum atomic E-state index is 0.442. The average Bonchev–Trinajstić information content (AvgIpc) is 2.58. The van der Waals surface area contributed by atoms with Crippen molar-refractivity contribution in [3.05, 3.63) is 0 Å². The molecule has 0 aromatic carbocycles. The Morgan fingerprint density at radius 2 is 0.808 bits per heavy atom. The van der Waals surface area contributed by atoms with Gasteiger partial charge in [0.15, 0.2) is 0 Å². The lowest BCUT2D eigenvalue weighted by molar-refractivity contribution is -0.0823. The van der Waals surface area contributed by atoms with Gasteiger partial charge in [-0.15, -0.1) is 0 Å². The van der Waals surface area contributed by atoms with E-state index >= 15 is 0 Å². The second-order valence-corrected chi connectivity index (χ2v) is 10.3. The second kappa shape index (κ2) is 13.2. The molecule has 0 spiro atoms. The number of hydrogen-bond donors (Lipinski definition) is 0. The molecule has 0 amide bonds. The predicted octanol–water partition coefficient (Wildman–Crippen LogP) is 9.96. The third-order valence-corrected chi connectivity index (χ3v) is 7.54. The van der Waals surface area contributed by atoms with Gasteiger partial charge in [0.2, 0.25) is 0 Å². The van der Waals surface area contributed by atoms with Gasteiger partial charge in [-0.05, 0) is 41.9 Å². The van der Waals surface area contributed by atoms with Gasteiger partial charge in [-0.2, -0.15) is 0 Å². The van der Waals surface area contributed by atoms with Crippen LogP contribution in [0.3, 0.4) is 0 Å². The Morgan fingerprint density at radius 1 is 0.385 bits per heavy atom. The van der Waals surface area contributed by atoms with Crippen LogP contribution in [0.25, 0.3) is 0 Å². The topological polar surface area (TPSA) is 0 Å². The molecule has 0 nitrogen and oxygen atoms in total. The van der Waals surface area contributed by atoms with Crippen molar-refractivity contribution in [1.29, 1.82) is 0 Å². The summed E-state index contributed by atoms with van der Waals surface area (Å²) in [6, 6.07) is 0. The standard InChI is InChI=1S/C26H54/c1-9-13-16-18-22-26(23-19-17-14-10-2,24(5,6)20-12-4)25(7,8)21-15-11-3/h9-23H2,1-8H3. The minimum Gasteiger partial charge on any atom is -0.0654 e. The minimum absolute atomic E-state index is 0.442. The van der Waals surface area contributed by atoms with Crippen LogP contribution in [0.2, 0.25) is 0 Å². The van der Waals surface area contributed by atoms with E-state index in [4.69, 9.17) is 0 Å². The molecule has 0 heteroatoms. The van der Waals surface area contributed by atoms with Crippen LogP contribution < -0.4 is 0 Å². The molecule has 0 fully saturated rings. The molecule has 0 aromatic heterocycles. The van der Waals surface area contributed by atoms with E-state index in [0.29, 0.717) is 16.2 Å². The highest BCUT2D eigenvalue weighted by atomic mass is 14.6. The normalized spacial score (nSPS) is 13.4. The van der Waals surface area contributed by atoms with Crippen LogP contribution in [0.4, 0.5) is 0 Å². The maximum Gasteiger partial charge on any atom is -0.0195 e. The summed E-state index contributed by atoms with van der Waals surface area (Å²) in [4.78, 5) is 0. The molecular formula is C26H54. The molecular weight excluding hydrogens is 312 g/mol. The molecule has 0 aromatic rings. The molecule has 0 aliphatic carbocycles.